The van der Waals surface area contributed by atoms with Crippen molar-refractivity contribution < 1.29 is 9.84 Å². The number of ether oxygens (including phenoxy) is 1. The van der Waals surface area contributed by atoms with Gasteiger partial charge in [-0.2, -0.15) is 0 Å². The van der Waals surface area contributed by atoms with E-state index in [1.54, 1.807) is 0 Å². The molecule has 0 radical (unpaired) electrons. The first-order valence-corrected chi connectivity index (χ1v) is 4.07. The second-order valence-corrected chi connectivity index (χ2v) is 2.91. The fourth-order valence-corrected chi connectivity index (χ4v) is 1.43. The molecule has 0 heterocycles. The first kappa shape index (κ1) is 8.58. The van der Waals surface area contributed by atoms with Gasteiger partial charge in [0.05, 0.1) is 12.2 Å². The summed E-state index contributed by atoms with van der Waals surface area (Å²) in [5, 5.41) is 9.40. The van der Waals surface area contributed by atoms with Gasteiger partial charge in [-0.05, 0) is 12.8 Å². The molecule has 62 valence electrons. The maximum Gasteiger partial charge on any atom is 0.107 e. The lowest BCUT2D eigenvalue weighted by Crippen LogP contribution is -2.32. The first-order chi connectivity index (χ1) is 5.34. The van der Waals surface area contributed by atoms with Crippen LogP contribution in [0.2, 0.25) is 0 Å². The highest BCUT2D eigenvalue weighted by Gasteiger charge is 2.22. The largest absolute Gasteiger partial charge is 0.390 e. The lowest BCUT2D eigenvalue weighted by atomic mass is 9.95. The number of aliphatic hydroxyl groups is 1. The Labute approximate surface area is 67.6 Å². The van der Waals surface area contributed by atoms with Crippen LogP contribution in [0.25, 0.3) is 0 Å². The van der Waals surface area contributed by atoms with Crippen LogP contribution in [0.5, 0.6) is 0 Å². The molecule has 2 nitrogen and oxygen atoms in total. The Morgan fingerprint density at radius 1 is 1.45 bits per heavy atom. The summed E-state index contributed by atoms with van der Waals surface area (Å²) in [6.45, 7) is 0.321. The molecule has 1 rings (SSSR count). The van der Waals surface area contributed by atoms with Gasteiger partial charge in [0.25, 0.3) is 0 Å². The molecule has 0 amide bonds. The van der Waals surface area contributed by atoms with Crippen molar-refractivity contribution in [1.29, 1.82) is 0 Å². The van der Waals surface area contributed by atoms with E-state index in [0.29, 0.717) is 6.61 Å². The molecule has 0 spiro atoms. The second kappa shape index (κ2) is 4.38. The zero-order valence-corrected chi connectivity index (χ0v) is 6.62. The number of hydrogen-bond acceptors (Lipinski definition) is 2. The number of rotatable bonds is 2. The van der Waals surface area contributed by atoms with Gasteiger partial charge in [0.2, 0.25) is 0 Å². The van der Waals surface area contributed by atoms with Crippen LogP contribution in [-0.4, -0.2) is 23.9 Å². The van der Waals surface area contributed by atoms with Gasteiger partial charge >= 0.3 is 0 Å². The van der Waals surface area contributed by atoms with E-state index in [2.05, 4.69) is 5.92 Å². The summed E-state index contributed by atoms with van der Waals surface area (Å²) in [6.07, 6.45) is 8.78. The van der Waals surface area contributed by atoms with Crippen LogP contribution in [0.15, 0.2) is 0 Å². The molecular formula is C9H14O2. The van der Waals surface area contributed by atoms with E-state index in [1.807, 2.05) is 0 Å². The Bertz CT molecular complexity index is 148. The summed E-state index contributed by atoms with van der Waals surface area (Å²) in [7, 11) is 0. The SMILES string of the molecule is C#CCO[C@@H]1CCCC[C@@H]1O. The zero-order valence-electron chi connectivity index (χ0n) is 6.62. The lowest BCUT2D eigenvalue weighted by Gasteiger charge is -2.26. The third-order valence-electron chi connectivity index (χ3n) is 2.05. The van der Waals surface area contributed by atoms with Crippen molar-refractivity contribution in [3.63, 3.8) is 0 Å². The highest BCUT2D eigenvalue weighted by Crippen LogP contribution is 2.20. The smallest absolute Gasteiger partial charge is 0.107 e. The summed E-state index contributed by atoms with van der Waals surface area (Å²) >= 11 is 0. The Hall–Kier alpha value is -0.520. The van der Waals surface area contributed by atoms with Crippen LogP contribution < -0.4 is 0 Å². The molecule has 1 aliphatic carbocycles. The molecule has 0 aliphatic heterocycles. The zero-order chi connectivity index (χ0) is 8.10. The number of hydrogen-bond donors (Lipinski definition) is 1. The third-order valence-corrected chi connectivity index (χ3v) is 2.05. The molecule has 0 aromatic heterocycles. The molecule has 1 aliphatic rings. The van der Waals surface area contributed by atoms with Gasteiger partial charge in [-0.25, -0.2) is 0 Å². The standard InChI is InChI=1S/C9H14O2/c1-2-7-11-9-6-4-3-5-8(9)10/h1,8-10H,3-7H2/t8-,9+/m0/s1. The molecule has 11 heavy (non-hydrogen) atoms. The van der Waals surface area contributed by atoms with Gasteiger partial charge in [0.1, 0.15) is 6.61 Å². The maximum atomic E-state index is 9.40. The van der Waals surface area contributed by atoms with Gasteiger partial charge in [0.15, 0.2) is 0 Å². The fraction of sp³-hybridized carbons (Fsp3) is 0.778. The van der Waals surface area contributed by atoms with Crippen LogP contribution in [0, 0.1) is 12.3 Å². The average Bonchev–Trinajstić information content (AvgIpc) is 2.03. The molecule has 2 atom stereocenters. The summed E-state index contributed by atoms with van der Waals surface area (Å²) in [6, 6.07) is 0. The van der Waals surface area contributed by atoms with Crippen LogP contribution >= 0.6 is 0 Å². The van der Waals surface area contributed by atoms with E-state index in [1.165, 1.54) is 0 Å². The predicted octanol–water partition coefficient (Wildman–Crippen LogP) is 0.940. The van der Waals surface area contributed by atoms with Crippen molar-refractivity contribution in [1.82, 2.24) is 0 Å². The van der Waals surface area contributed by atoms with Crippen LogP contribution in [-0.2, 0) is 4.74 Å². The van der Waals surface area contributed by atoms with Crippen LogP contribution in [0.4, 0.5) is 0 Å². The lowest BCUT2D eigenvalue weighted by molar-refractivity contribution is -0.0472. The Kier molecular flexibility index (Phi) is 3.41. The molecule has 0 saturated heterocycles. The molecular weight excluding hydrogens is 140 g/mol. The van der Waals surface area contributed by atoms with E-state index < -0.39 is 0 Å². The van der Waals surface area contributed by atoms with E-state index in [0.717, 1.165) is 25.7 Å². The quantitative estimate of drug-likeness (QED) is 0.600. The van der Waals surface area contributed by atoms with Crippen LogP contribution in [0.1, 0.15) is 25.7 Å². The molecule has 0 aromatic rings. The molecule has 2 heteroatoms. The summed E-state index contributed by atoms with van der Waals surface area (Å²) in [5.74, 6) is 2.40. The van der Waals surface area contributed by atoms with E-state index >= 15 is 0 Å². The molecule has 0 unspecified atom stereocenters. The number of terminal acetylenes is 1. The maximum absolute atomic E-state index is 9.40. The first-order valence-electron chi connectivity index (χ1n) is 4.07. The normalized spacial score (nSPS) is 31.3. The third kappa shape index (κ3) is 2.53. The van der Waals surface area contributed by atoms with Crippen molar-refractivity contribution in [2.45, 2.75) is 37.9 Å². The van der Waals surface area contributed by atoms with Crippen molar-refractivity contribution in [3.05, 3.63) is 0 Å². The topological polar surface area (TPSA) is 29.5 Å². The van der Waals surface area contributed by atoms with E-state index in [-0.39, 0.29) is 12.2 Å². The summed E-state index contributed by atoms with van der Waals surface area (Å²) in [5.41, 5.74) is 0. The molecule has 1 fully saturated rings. The van der Waals surface area contributed by atoms with Crippen molar-refractivity contribution >= 4 is 0 Å². The van der Waals surface area contributed by atoms with E-state index in [9.17, 15) is 5.11 Å². The monoisotopic (exact) mass is 154 g/mol. The molecule has 0 bridgehead atoms. The van der Waals surface area contributed by atoms with E-state index in [4.69, 9.17) is 11.2 Å². The summed E-state index contributed by atoms with van der Waals surface area (Å²) in [4.78, 5) is 0. The van der Waals surface area contributed by atoms with Gasteiger partial charge in [-0.1, -0.05) is 18.8 Å². The molecule has 1 saturated carbocycles. The van der Waals surface area contributed by atoms with Crippen molar-refractivity contribution in [3.8, 4) is 12.3 Å². The van der Waals surface area contributed by atoms with Gasteiger partial charge in [0, 0.05) is 0 Å². The van der Waals surface area contributed by atoms with Crippen molar-refractivity contribution in [2.24, 2.45) is 0 Å². The Morgan fingerprint density at radius 2 is 2.18 bits per heavy atom. The Balaban J connectivity index is 2.25. The average molecular weight is 154 g/mol. The fourth-order valence-electron chi connectivity index (χ4n) is 1.43. The summed E-state index contributed by atoms with van der Waals surface area (Å²) < 4.78 is 5.26. The van der Waals surface area contributed by atoms with Crippen molar-refractivity contribution in [2.75, 3.05) is 6.61 Å². The highest BCUT2D eigenvalue weighted by atomic mass is 16.5. The predicted molar refractivity (Wildman–Crippen MR) is 43.0 cm³/mol. The van der Waals surface area contributed by atoms with Gasteiger partial charge in [-0.3, -0.25) is 0 Å². The molecule has 0 aromatic carbocycles. The molecule has 1 N–H and O–H groups in total. The highest BCUT2D eigenvalue weighted by molar-refractivity contribution is 4.85. The second-order valence-electron chi connectivity index (χ2n) is 2.91. The minimum Gasteiger partial charge on any atom is -0.390 e. The van der Waals surface area contributed by atoms with Gasteiger partial charge in [-0.15, -0.1) is 6.42 Å². The number of aliphatic hydroxyl groups excluding tert-OH is 1. The van der Waals surface area contributed by atoms with Gasteiger partial charge < -0.3 is 9.84 Å². The minimum absolute atomic E-state index is 0.0141. The Morgan fingerprint density at radius 3 is 2.82 bits per heavy atom. The minimum atomic E-state index is -0.294. The van der Waals surface area contributed by atoms with Crippen LogP contribution in [0.3, 0.4) is 0 Å².